The summed E-state index contributed by atoms with van der Waals surface area (Å²) in [7, 11) is -3.61. The Hall–Kier alpha value is -0.960. The highest BCUT2D eigenvalue weighted by atomic mass is 79.9. The second-order valence-corrected chi connectivity index (χ2v) is 7.97. The molecule has 0 aliphatic heterocycles. The summed E-state index contributed by atoms with van der Waals surface area (Å²) >= 11 is 4.76. The highest BCUT2D eigenvalue weighted by Crippen LogP contribution is 2.26. The number of aryl methyl sites for hydroxylation is 2. The molecule has 0 amide bonds. The Morgan fingerprint density at radius 1 is 1.40 bits per heavy atom. The van der Waals surface area contributed by atoms with Gasteiger partial charge in [-0.15, -0.1) is 11.3 Å². The van der Waals surface area contributed by atoms with E-state index >= 15 is 0 Å². The fraction of sp³-hybridized carbons (Fsp3) is 0.250. The van der Waals surface area contributed by atoms with Gasteiger partial charge in [-0.05, 0) is 47.5 Å². The highest BCUT2D eigenvalue weighted by Gasteiger charge is 2.18. The van der Waals surface area contributed by atoms with Gasteiger partial charge in [0.2, 0.25) is 10.0 Å². The van der Waals surface area contributed by atoms with E-state index in [-0.39, 0.29) is 11.4 Å². The normalized spacial score (nSPS) is 11.8. The fourth-order valence-electron chi connectivity index (χ4n) is 1.69. The molecule has 1 aromatic heterocycles. The topological polar surface area (TPSA) is 85.1 Å². The van der Waals surface area contributed by atoms with Crippen molar-refractivity contribution >= 4 is 43.0 Å². The molecule has 2 aromatic rings. The Kier molecular flexibility index (Phi) is 4.48. The maximum atomic E-state index is 12.3. The number of halogens is 1. The van der Waals surface area contributed by atoms with Crippen molar-refractivity contribution in [2.24, 2.45) is 0 Å². The lowest BCUT2D eigenvalue weighted by atomic mass is 10.2. The molecule has 0 aliphatic carbocycles. The number of benzene rings is 1. The van der Waals surface area contributed by atoms with Crippen LogP contribution in [-0.4, -0.2) is 13.4 Å². The zero-order valence-electron chi connectivity index (χ0n) is 11.0. The number of hydrogen-bond acceptors (Lipinski definition) is 5. The number of nitrogens with one attached hydrogen (secondary N) is 1. The van der Waals surface area contributed by atoms with Crippen LogP contribution in [0, 0.1) is 13.8 Å². The van der Waals surface area contributed by atoms with Crippen LogP contribution in [0.25, 0.3) is 0 Å². The average Bonchev–Trinajstić information content (AvgIpc) is 2.77. The lowest BCUT2D eigenvalue weighted by Gasteiger charge is -2.10. The van der Waals surface area contributed by atoms with Crippen molar-refractivity contribution < 1.29 is 8.42 Å². The van der Waals surface area contributed by atoms with E-state index in [1.807, 2.05) is 12.3 Å². The molecule has 1 heterocycles. The summed E-state index contributed by atoms with van der Waals surface area (Å²) in [5.41, 5.74) is 7.48. The number of nitrogens with zero attached hydrogens (tertiary/aromatic N) is 1. The molecule has 2 rings (SSSR count). The Labute approximate surface area is 130 Å². The van der Waals surface area contributed by atoms with Crippen LogP contribution in [0.15, 0.2) is 26.9 Å². The predicted molar refractivity (Wildman–Crippen MR) is 84.2 cm³/mol. The van der Waals surface area contributed by atoms with E-state index in [9.17, 15) is 8.42 Å². The van der Waals surface area contributed by atoms with E-state index in [0.717, 1.165) is 5.01 Å². The lowest BCUT2D eigenvalue weighted by Crippen LogP contribution is -2.24. The predicted octanol–water partition coefficient (Wildman–Crippen LogP) is 2.58. The van der Waals surface area contributed by atoms with Crippen LogP contribution in [-0.2, 0) is 16.6 Å². The van der Waals surface area contributed by atoms with Gasteiger partial charge in [-0.2, -0.15) is 0 Å². The molecule has 0 radical (unpaired) electrons. The van der Waals surface area contributed by atoms with Crippen LogP contribution < -0.4 is 10.5 Å². The first-order valence-corrected chi connectivity index (χ1v) is 8.91. The van der Waals surface area contributed by atoms with Crippen LogP contribution in [0.2, 0.25) is 0 Å². The van der Waals surface area contributed by atoms with Gasteiger partial charge in [0, 0.05) is 15.5 Å². The van der Waals surface area contributed by atoms with Gasteiger partial charge in [-0.3, -0.25) is 0 Å². The second kappa shape index (κ2) is 5.80. The quantitative estimate of drug-likeness (QED) is 0.804. The molecule has 0 aliphatic rings. The third-order valence-electron chi connectivity index (χ3n) is 2.69. The van der Waals surface area contributed by atoms with Gasteiger partial charge in [0.1, 0.15) is 0 Å². The minimum atomic E-state index is -3.61. The molecule has 0 fully saturated rings. The zero-order chi connectivity index (χ0) is 14.9. The Morgan fingerprint density at radius 2 is 2.10 bits per heavy atom. The molecule has 5 nitrogen and oxygen atoms in total. The molecule has 0 saturated heterocycles. The molecule has 0 saturated carbocycles. The summed E-state index contributed by atoms with van der Waals surface area (Å²) in [5, 5.41) is 2.74. The molecule has 3 N–H and O–H groups in total. The fourth-order valence-corrected chi connectivity index (χ4v) is 4.02. The van der Waals surface area contributed by atoms with Gasteiger partial charge in [0.05, 0.1) is 22.1 Å². The number of anilines is 1. The Bertz CT molecular complexity index is 741. The zero-order valence-corrected chi connectivity index (χ0v) is 14.2. The molecule has 108 valence electrons. The van der Waals surface area contributed by atoms with Crippen LogP contribution in [0.4, 0.5) is 5.69 Å². The molecule has 20 heavy (non-hydrogen) atoms. The molecule has 0 atom stereocenters. The molecular formula is C12H14BrN3O2S2. The third kappa shape index (κ3) is 3.38. The number of aromatic nitrogens is 1. The van der Waals surface area contributed by atoms with E-state index in [4.69, 9.17) is 5.73 Å². The summed E-state index contributed by atoms with van der Waals surface area (Å²) in [4.78, 5) is 4.41. The largest absolute Gasteiger partial charge is 0.398 e. The van der Waals surface area contributed by atoms with E-state index in [1.165, 1.54) is 17.4 Å². The SMILES string of the molecule is Cc1nc(CNS(=O)(=O)c2cc(N)c(Br)cc2C)cs1. The van der Waals surface area contributed by atoms with Crippen molar-refractivity contribution in [1.82, 2.24) is 9.71 Å². The molecule has 1 aromatic carbocycles. The van der Waals surface area contributed by atoms with Gasteiger partial charge >= 0.3 is 0 Å². The van der Waals surface area contributed by atoms with Crippen molar-refractivity contribution in [1.29, 1.82) is 0 Å². The van der Waals surface area contributed by atoms with Crippen molar-refractivity contribution in [2.45, 2.75) is 25.3 Å². The number of hydrogen-bond donors (Lipinski definition) is 2. The molecule has 8 heteroatoms. The van der Waals surface area contributed by atoms with Crippen LogP contribution in [0.3, 0.4) is 0 Å². The van der Waals surface area contributed by atoms with Crippen LogP contribution in [0.1, 0.15) is 16.3 Å². The van der Waals surface area contributed by atoms with Crippen molar-refractivity contribution in [3.63, 3.8) is 0 Å². The monoisotopic (exact) mass is 375 g/mol. The maximum Gasteiger partial charge on any atom is 0.241 e. The number of sulfonamides is 1. The molecular weight excluding hydrogens is 362 g/mol. The van der Waals surface area contributed by atoms with Crippen LogP contribution >= 0.6 is 27.3 Å². The maximum absolute atomic E-state index is 12.3. The third-order valence-corrected chi connectivity index (χ3v) is 5.75. The van der Waals surface area contributed by atoms with E-state index in [1.54, 1.807) is 13.0 Å². The number of rotatable bonds is 4. The van der Waals surface area contributed by atoms with E-state index in [2.05, 4.69) is 25.6 Å². The van der Waals surface area contributed by atoms with E-state index in [0.29, 0.717) is 21.4 Å². The summed E-state index contributed by atoms with van der Waals surface area (Å²) in [6, 6.07) is 3.14. The standard InChI is InChI=1S/C12H14BrN3O2S2/c1-7-3-10(13)11(14)4-12(7)20(17,18)15-5-9-6-19-8(2)16-9/h3-4,6,15H,5,14H2,1-2H3. The first kappa shape index (κ1) is 15.4. The smallest absolute Gasteiger partial charge is 0.241 e. The number of thiazole rings is 1. The van der Waals surface area contributed by atoms with Gasteiger partial charge in [0.25, 0.3) is 0 Å². The molecule has 0 bridgehead atoms. The number of nitrogen functional groups attached to an aromatic ring is 1. The molecule has 0 spiro atoms. The van der Waals surface area contributed by atoms with Gasteiger partial charge in [-0.1, -0.05) is 0 Å². The summed E-state index contributed by atoms with van der Waals surface area (Å²) in [6.07, 6.45) is 0. The van der Waals surface area contributed by atoms with Gasteiger partial charge in [0.15, 0.2) is 0 Å². The minimum Gasteiger partial charge on any atom is -0.398 e. The summed E-state index contributed by atoms with van der Waals surface area (Å²) in [6.45, 7) is 3.77. The number of nitrogens with two attached hydrogens (primary N) is 1. The lowest BCUT2D eigenvalue weighted by molar-refractivity contribution is 0.580. The van der Waals surface area contributed by atoms with Gasteiger partial charge in [-0.25, -0.2) is 18.1 Å². The minimum absolute atomic E-state index is 0.169. The second-order valence-electron chi connectivity index (χ2n) is 4.32. The van der Waals surface area contributed by atoms with Crippen molar-refractivity contribution in [3.05, 3.63) is 38.3 Å². The van der Waals surface area contributed by atoms with Crippen molar-refractivity contribution in [2.75, 3.05) is 5.73 Å². The summed E-state index contributed by atoms with van der Waals surface area (Å²) in [5.74, 6) is 0. The Morgan fingerprint density at radius 3 is 2.70 bits per heavy atom. The summed E-state index contributed by atoms with van der Waals surface area (Å²) < 4.78 is 27.8. The van der Waals surface area contributed by atoms with Crippen LogP contribution in [0.5, 0.6) is 0 Å². The highest BCUT2D eigenvalue weighted by molar-refractivity contribution is 9.10. The van der Waals surface area contributed by atoms with Gasteiger partial charge < -0.3 is 5.73 Å². The average molecular weight is 376 g/mol. The Balaban J connectivity index is 2.24. The van der Waals surface area contributed by atoms with Crippen molar-refractivity contribution in [3.8, 4) is 0 Å². The van der Waals surface area contributed by atoms with E-state index < -0.39 is 10.0 Å². The first-order valence-electron chi connectivity index (χ1n) is 5.76. The molecule has 0 unspecified atom stereocenters. The first-order chi connectivity index (χ1) is 9.29.